The van der Waals surface area contributed by atoms with E-state index in [1.54, 1.807) is 6.07 Å². The summed E-state index contributed by atoms with van der Waals surface area (Å²) in [6.45, 7) is 3.97. The minimum Gasteiger partial charge on any atom is -0.467 e. The number of rotatable bonds is 5. The lowest BCUT2D eigenvalue weighted by atomic mass is 10.1. The smallest absolute Gasteiger partial charge is 0.341 e. The number of nitrogens with one attached hydrogen (secondary N) is 1. The number of carbonyl (C=O) groups excluding carboxylic acids is 1. The molecule has 0 radical (unpaired) electrons. The Morgan fingerprint density at radius 3 is 3.17 bits per heavy atom. The molecular formula is C13H20N2O3. The Morgan fingerprint density at radius 1 is 1.67 bits per heavy atom. The SMILES string of the molecule is COC(=O)c1coc(CNCC2CCN(C)C2)c1. The summed E-state index contributed by atoms with van der Waals surface area (Å²) in [7, 11) is 3.51. The third-order valence-electron chi connectivity index (χ3n) is 3.30. The average Bonchev–Trinajstić information content (AvgIpc) is 2.98. The van der Waals surface area contributed by atoms with Gasteiger partial charge in [-0.25, -0.2) is 4.79 Å². The van der Waals surface area contributed by atoms with Crippen LogP contribution in [0.15, 0.2) is 16.7 Å². The van der Waals surface area contributed by atoms with Gasteiger partial charge in [-0.15, -0.1) is 0 Å². The molecule has 2 heterocycles. The van der Waals surface area contributed by atoms with E-state index in [1.165, 1.54) is 26.3 Å². The fraction of sp³-hybridized carbons (Fsp3) is 0.615. The van der Waals surface area contributed by atoms with Crippen molar-refractivity contribution in [3.05, 3.63) is 23.7 Å². The zero-order chi connectivity index (χ0) is 13.0. The molecule has 1 fully saturated rings. The number of furan rings is 1. The molecule has 1 aliphatic rings. The number of nitrogens with zero attached hydrogens (tertiary/aromatic N) is 1. The van der Waals surface area contributed by atoms with E-state index in [2.05, 4.69) is 22.0 Å². The molecule has 1 atom stereocenters. The number of hydrogen-bond acceptors (Lipinski definition) is 5. The Morgan fingerprint density at radius 2 is 2.50 bits per heavy atom. The highest BCUT2D eigenvalue weighted by molar-refractivity contribution is 5.88. The van der Waals surface area contributed by atoms with E-state index in [-0.39, 0.29) is 5.97 Å². The molecule has 2 rings (SSSR count). The minimum atomic E-state index is -0.359. The van der Waals surface area contributed by atoms with Crippen LogP contribution in [-0.4, -0.2) is 44.7 Å². The Labute approximate surface area is 107 Å². The molecule has 0 spiro atoms. The summed E-state index contributed by atoms with van der Waals surface area (Å²) in [6.07, 6.45) is 2.68. The quantitative estimate of drug-likeness (QED) is 0.796. The number of likely N-dealkylation sites (tertiary alicyclic amines) is 1. The van der Waals surface area contributed by atoms with Crippen LogP contribution in [-0.2, 0) is 11.3 Å². The van der Waals surface area contributed by atoms with Gasteiger partial charge in [-0.2, -0.15) is 0 Å². The van der Waals surface area contributed by atoms with Gasteiger partial charge in [-0.3, -0.25) is 0 Å². The second-order valence-corrected chi connectivity index (χ2v) is 4.84. The van der Waals surface area contributed by atoms with Gasteiger partial charge < -0.3 is 19.4 Å². The highest BCUT2D eigenvalue weighted by Gasteiger charge is 2.18. The van der Waals surface area contributed by atoms with E-state index in [9.17, 15) is 4.79 Å². The van der Waals surface area contributed by atoms with Crippen LogP contribution in [0.1, 0.15) is 22.5 Å². The van der Waals surface area contributed by atoms with Crippen molar-refractivity contribution in [1.29, 1.82) is 0 Å². The summed E-state index contributed by atoms with van der Waals surface area (Å²) in [5, 5.41) is 3.36. The van der Waals surface area contributed by atoms with Gasteiger partial charge in [0.05, 0.1) is 19.2 Å². The molecule has 1 N–H and O–H groups in total. The largest absolute Gasteiger partial charge is 0.467 e. The van der Waals surface area contributed by atoms with Crippen LogP contribution in [0.4, 0.5) is 0 Å². The van der Waals surface area contributed by atoms with Crippen LogP contribution in [0, 0.1) is 5.92 Å². The van der Waals surface area contributed by atoms with Gasteiger partial charge in [0.25, 0.3) is 0 Å². The molecule has 1 aromatic rings. The highest BCUT2D eigenvalue weighted by Crippen LogP contribution is 2.13. The monoisotopic (exact) mass is 252 g/mol. The molecule has 1 aliphatic heterocycles. The lowest BCUT2D eigenvalue weighted by Gasteiger charge is -2.10. The van der Waals surface area contributed by atoms with Crippen LogP contribution < -0.4 is 5.32 Å². The summed E-state index contributed by atoms with van der Waals surface area (Å²) in [5.41, 5.74) is 0.467. The molecule has 5 heteroatoms. The number of methoxy groups -OCH3 is 1. The molecule has 0 saturated carbocycles. The molecule has 1 saturated heterocycles. The third kappa shape index (κ3) is 3.34. The van der Waals surface area contributed by atoms with E-state index in [4.69, 9.17) is 4.42 Å². The van der Waals surface area contributed by atoms with Crippen molar-refractivity contribution in [3.63, 3.8) is 0 Å². The van der Waals surface area contributed by atoms with Gasteiger partial charge >= 0.3 is 5.97 Å². The zero-order valence-corrected chi connectivity index (χ0v) is 10.9. The van der Waals surface area contributed by atoms with Crippen molar-refractivity contribution in [2.45, 2.75) is 13.0 Å². The first-order valence-corrected chi connectivity index (χ1v) is 6.24. The van der Waals surface area contributed by atoms with Crippen molar-refractivity contribution in [1.82, 2.24) is 10.2 Å². The van der Waals surface area contributed by atoms with Gasteiger partial charge in [-0.1, -0.05) is 0 Å². The second-order valence-electron chi connectivity index (χ2n) is 4.84. The van der Waals surface area contributed by atoms with Crippen LogP contribution in [0.3, 0.4) is 0 Å². The van der Waals surface area contributed by atoms with Crippen LogP contribution in [0.25, 0.3) is 0 Å². The van der Waals surface area contributed by atoms with E-state index >= 15 is 0 Å². The summed E-state index contributed by atoms with van der Waals surface area (Å²) in [4.78, 5) is 13.6. The predicted octanol–water partition coefficient (Wildman–Crippen LogP) is 1.11. The van der Waals surface area contributed by atoms with Gasteiger partial charge in [0, 0.05) is 6.54 Å². The van der Waals surface area contributed by atoms with Gasteiger partial charge in [-0.05, 0) is 38.5 Å². The van der Waals surface area contributed by atoms with Crippen molar-refractivity contribution < 1.29 is 13.9 Å². The van der Waals surface area contributed by atoms with Crippen molar-refractivity contribution in [2.24, 2.45) is 5.92 Å². The van der Waals surface area contributed by atoms with E-state index in [1.807, 2.05) is 0 Å². The molecular weight excluding hydrogens is 232 g/mol. The molecule has 0 amide bonds. The summed E-state index contributed by atoms with van der Waals surface area (Å²) >= 11 is 0. The lowest BCUT2D eigenvalue weighted by Crippen LogP contribution is -2.24. The molecule has 0 aromatic carbocycles. The van der Waals surface area contributed by atoms with E-state index < -0.39 is 0 Å². The van der Waals surface area contributed by atoms with Crippen molar-refractivity contribution in [2.75, 3.05) is 33.8 Å². The van der Waals surface area contributed by atoms with Crippen LogP contribution in [0.5, 0.6) is 0 Å². The summed E-state index contributed by atoms with van der Waals surface area (Å²) in [6, 6.07) is 1.72. The number of carbonyl (C=O) groups is 1. The molecule has 0 bridgehead atoms. The Balaban J connectivity index is 1.73. The average molecular weight is 252 g/mol. The predicted molar refractivity (Wildman–Crippen MR) is 67.4 cm³/mol. The topological polar surface area (TPSA) is 54.7 Å². The van der Waals surface area contributed by atoms with Gasteiger partial charge in [0.1, 0.15) is 12.0 Å². The molecule has 1 unspecified atom stereocenters. The summed E-state index contributed by atoms with van der Waals surface area (Å²) in [5.74, 6) is 1.12. The molecule has 100 valence electrons. The first kappa shape index (κ1) is 13.1. The fourth-order valence-corrected chi connectivity index (χ4v) is 2.29. The maximum atomic E-state index is 11.2. The fourth-order valence-electron chi connectivity index (χ4n) is 2.29. The van der Waals surface area contributed by atoms with Crippen LogP contribution in [0.2, 0.25) is 0 Å². The summed E-state index contributed by atoms with van der Waals surface area (Å²) < 4.78 is 9.92. The normalized spacial score (nSPS) is 20.2. The van der Waals surface area contributed by atoms with Crippen molar-refractivity contribution >= 4 is 5.97 Å². The minimum absolute atomic E-state index is 0.359. The molecule has 18 heavy (non-hydrogen) atoms. The second kappa shape index (κ2) is 6.02. The van der Waals surface area contributed by atoms with E-state index in [0.29, 0.717) is 18.0 Å². The third-order valence-corrected chi connectivity index (χ3v) is 3.30. The van der Waals surface area contributed by atoms with Gasteiger partial charge in [0.15, 0.2) is 0 Å². The first-order valence-electron chi connectivity index (χ1n) is 6.24. The number of ether oxygens (including phenoxy) is 1. The number of hydrogen-bond donors (Lipinski definition) is 1. The molecule has 1 aromatic heterocycles. The Kier molecular flexibility index (Phi) is 4.38. The van der Waals surface area contributed by atoms with E-state index in [0.717, 1.165) is 18.8 Å². The van der Waals surface area contributed by atoms with Gasteiger partial charge in [0.2, 0.25) is 0 Å². The maximum absolute atomic E-state index is 11.2. The first-order chi connectivity index (χ1) is 8.69. The maximum Gasteiger partial charge on any atom is 0.341 e. The van der Waals surface area contributed by atoms with Crippen LogP contribution >= 0.6 is 0 Å². The Hall–Kier alpha value is -1.33. The molecule has 0 aliphatic carbocycles. The van der Waals surface area contributed by atoms with Crippen molar-refractivity contribution in [3.8, 4) is 0 Å². The highest BCUT2D eigenvalue weighted by atomic mass is 16.5. The lowest BCUT2D eigenvalue weighted by molar-refractivity contribution is 0.0600. The Bertz CT molecular complexity index is 403. The molecule has 5 nitrogen and oxygen atoms in total. The zero-order valence-electron chi connectivity index (χ0n) is 10.9. The number of esters is 1. The standard InChI is InChI=1S/C13H20N2O3/c1-15-4-3-10(8-15)6-14-7-12-5-11(9-18-12)13(16)17-2/h5,9-10,14H,3-4,6-8H2,1-2H3.